The van der Waals surface area contributed by atoms with Crippen LogP contribution >= 0.6 is 11.6 Å². The van der Waals surface area contributed by atoms with Crippen molar-refractivity contribution in [2.75, 3.05) is 5.32 Å². The molecule has 1 aromatic carbocycles. The number of benzene rings is 1. The Kier molecular flexibility index (Phi) is 5.69. The molecule has 0 radical (unpaired) electrons. The van der Waals surface area contributed by atoms with Gasteiger partial charge in [0.15, 0.2) is 11.4 Å². The Morgan fingerprint density at radius 2 is 2.04 bits per heavy atom. The molecule has 2 rings (SSSR count). The highest BCUT2D eigenvalue weighted by atomic mass is 35.5. The summed E-state index contributed by atoms with van der Waals surface area (Å²) in [7, 11) is 0. The third-order valence-electron chi connectivity index (χ3n) is 3.13. The number of carbonyl (C=O) groups is 1. The molecule has 142 valence electrons. The van der Waals surface area contributed by atoms with Crippen LogP contribution < -0.4 is 10.1 Å². The molecule has 1 aromatic heterocycles. The molecule has 0 aliphatic carbocycles. The number of nitrogens with one attached hydrogen (secondary N) is 1. The second-order valence-electron chi connectivity index (χ2n) is 4.97. The number of nitrogens with zero attached hydrogens (tertiary/aromatic N) is 2. The van der Waals surface area contributed by atoms with Crippen molar-refractivity contribution < 1.29 is 35.9 Å². The van der Waals surface area contributed by atoms with E-state index >= 15 is 0 Å². The normalized spacial score (nSPS) is 11.7. The highest BCUT2D eigenvalue weighted by molar-refractivity contribution is 6.32. The molecule has 0 unspecified atom stereocenters. The molecule has 26 heavy (non-hydrogen) atoms. The van der Waals surface area contributed by atoms with Gasteiger partial charge in [-0.25, -0.2) is 4.39 Å². The summed E-state index contributed by atoms with van der Waals surface area (Å²) < 4.78 is 80.9. The summed E-state index contributed by atoms with van der Waals surface area (Å²) in [4.78, 5) is 12.0. The molecule has 1 heterocycles. The topological polar surface area (TPSA) is 56.2 Å². The van der Waals surface area contributed by atoms with Gasteiger partial charge in [-0.3, -0.25) is 9.48 Å². The van der Waals surface area contributed by atoms with E-state index in [1.54, 1.807) is 0 Å². The van der Waals surface area contributed by atoms with Crippen molar-refractivity contribution in [1.29, 1.82) is 0 Å². The van der Waals surface area contributed by atoms with Gasteiger partial charge < -0.3 is 10.1 Å². The Bertz CT molecular complexity index is 822. The molecule has 5 nitrogen and oxygen atoms in total. The van der Waals surface area contributed by atoms with Crippen molar-refractivity contribution in [3.63, 3.8) is 0 Å². The van der Waals surface area contributed by atoms with Gasteiger partial charge in [-0.05, 0) is 19.1 Å². The summed E-state index contributed by atoms with van der Waals surface area (Å²) in [5, 5.41) is 4.71. The second-order valence-corrected chi connectivity index (χ2v) is 5.35. The van der Waals surface area contributed by atoms with Crippen LogP contribution in [0.2, 0.25) is 5.02 Å². The summed E-state index contributed by atoms with van der Waals surface area (Å²) in [6, 6.07) is 2.47. The molecule has 0 saturated heterocycles. The summed E-state index contributed by atoms with van der Waals surface area (Å²) in [5.41, 5.74) is -1.76. The fourth-order valence-corrected chi connectivity index (χ4v) is 2.22. The minimum atomic E-state index is -4.81. The summed E-state index contributed by atoms with van der Waals surface area (Å²) in [6.07, 6.45) is -4.81. The molecule has 0 atom stereocenters. The van der Waals surface area contributed by atoms with E-state index < -0.39 is 47.5 Å². The van der Waals surface area contributed by atoms with Crippen LogP contribution in [0.4, 0.5) is 32.0 Å². The standard InChI is InChI=1S/C14H10ClF6N3O2/c1-6-11(15)12(14(19,20)21)23-24(6)5-10(25)22-8-3-2-7(16)4-9(8)26-13(17)18/h2-4,13H,5H2,1H3,(H,22,25). The van der Waals surface area contributed by atoms with Crippen molar-refractivity contribution >= 4 is 23.2 Å². The van der Waals surface area contributed by atoms with E-state index in [0.29, 0.717) is 10.7 Å². The lowest BCUT2D eigenvalue weighted by Crippen LogP contribution is -2.21. The number of hydrogen-bond acceptors (Lipinski definition) is 3. The molecular formula is C14H10ClF6N3O2. The van der Waals surface area contributed by atoms with Gasteiger partial charge in [-0.15, -0.1) is 0 Å². The van der Waals surface area contributed by atoms with Gasteiger partial charge in [-0.1, -0.05) is 11.6 Å². The predicted octanol–water partition coefficient (Wildman–Crippen LogP) is 4.24. The fourth-order valence-electron chi connectivity index (χ4n) is 1.98. The van der Waals surface area contributed by atoms with Gasteiger partial charge in [0.2, 0.25) is 5.91 Å². The zero-order chi connectivity index (χ0) is 19.6. The first-order valence-electron chi connectivity index (χ1n) is 6.83. The highest BCUT2D eigenvalue weighted by Crippen LogP contribution is 2.35. The summed E-state index contributed by atoms with van der Waals surface area (Å²) in [5.74, 6) is -2.44. The van der Waals surface area contributed by atoms with Gasteiger partial charge in [0.25, 0.3) is 0 Å². The minimum Gasteiger partial charge on any atom is -0.432 e. The Balaban J connectivity index is 2.20. The minimum absolute atomic E-state index is 0.114. The van der Waals surface area contributed by atoms with Crippen molar-refractivity contribution in [3.8, 4) is 5.75 Å². The molecule has 0 saturated carbocycles. The van der Waals surface area contributed by atoms with E-state index in [1.165, 1.54) is 6.92 Å². The Morgan fingerprint density at radius 3 is 2.58 bits per heavy atom. The van der Waals surface area contributed by atoms with Gasteiger partial charge in [0.05, 0.1) is 16.4 Å². The quantitative estimate of drug-likeness (QED) is 0.762. The number of aromatic nitrogens is 2. The van der Waals surface area contributed by atoms with Crippen molar-refractivity contribution in [2.24, 2.45) is 0 Å². The molecular weight excluding hydrogens is 392 g/mol. The maximum absolute atomic E-state index is 13.1. The largest absolute Gasteiger partial charge is 0.436 e. The molecule has 0 spiro atoms. The zero-order valence-electron chi connectivity index (χ0n) is 12.9. The van der Waals surface area contributed by atoms with Crippen LogP contribution in [0, 0.1) is 12.7 Å². The number of anilines is 1. The molecule has 0 aliphatic rings. The average molecular weight is 402 g/mol. The summed E-state index contributed by atoms with van der Waals surface area (Å²) >= 11 is 5.56. The van der Waals surface area contributed by atoms with Crippen LogP contribution in [0.5, 0.6) is 5.75 Å². The Labute approximate surface area is 147 Å². The first-order chi connectivity index (χ1) is 12.0. The summed E-state index contributed by atoms with van der Waals surface area (Å²) in [6.45, 7) is -2.73. The smallest absolute Gasteiger partial charge is 0.432 e. The molecule has 1 amide bonds. The van der Waals surface area contributed by atoms with Gasteiger partial charge in [0, 0.05) is 6.07 Å². The predicted molar refractivity (Wildman–Crippen MR) is 78.6 cm³/mol. The third-order valence-corrected chi connectivity index (χ3v) is 3.58. The first kappa shape index (κ1) is 19.9. The van der Waals surface area contributed by atoms with Crippen LogP contribution in [0.15, 0.2) is 18.2 Å². The van der Waals surface area contributed by atoms with E-state index in [0.717, 1.165) is 12.1 Å². The number of ether oxygens (including phenoxy) is 1. The number of hydrogen-bond donors (Lipinski definition) is 1. The lowest BCUT2D eigenvalue weighted by molar-refractivity contribution is -0.141. The van der Waals surface area contributed by atoms with E-state index in [4.69, 9.17) is 11.6 Å². The van der Waals surface area contributed by atoms with Crippen LogP contribution in [0.25, 0.3) is 0 Å². The fraction of sp³-hybridized carbons (Fsp3) is 0.286. The second kappa shape index (κ2) is 7.44. The van der Waals surface area contributed by atoms with E-state index in [2.05, 4.69) is 15.2 Å². The van der Waals surface area contributed by atoms with Crippen molar-refractivity contribution in [1.82, 2.24) is 9.78 Å². The van der Waals surface area contributed by atoms with E-state index in [9.17, 15) is 31.1 Å². The monoisotopic (exact) mass is 401 g/mol. The molecule has 12 heteroatoms. The maximum atomic E-state index is 13.1. The SMILES string of the molecule is Cc1c(Cl)c(C(F)(F)F)nn1CC(=O)Nc1ccc(F)cc1OC(F)F. The number of carbonyl (C=O) groups excluding carboxylic acids is 1. The van der Waals surface area contributed by atoms with Gasteiger partial charge >= 0.3 is 12.8 Å². The number of rotatable bonds is 5. The van der Waals surface area contributed by atoms with Crippen molar-refractivity contribution in [3.05, 3.63) is 40.4 Å². The van der Waals surface area contributed by atoms with Crippen LogP contribution in [0.3, 0.4) is 0 Å². The lowest BCUT2D eigenvalue weighted by Gasteiger charge is -2.12. The number of alkyl halides is 5. The van der Waals surface area contributed by atoms with Gasteiger partial charge in [-0.2, -0.15) is 27.1 Å². The molecule has 0 bridgehead atoms. The van der Waals surface area contributed by atoms with Crippen molar-refractivity contribution in [2.45, 2.75) is 26.3 Å². The van der Waals surface area contributed by atoms with Gasteiger partial charge in [0.1, 0.15) is 12.4 Å². The maximum Gasteiger partial charge on any atom is 0.436 e. The van der Waals surface area contributed by atoms with Crippen LogP contribution in [-0.2, 0) is 17.5 Å². The Hall–Kier alpha value is -2.43. The molecule has 2 aromatic rings. The number of amides is 1. The third kappa shape index (κ3) is 4.59. The number of halogens is 7. The lowest BCUT2D eigenvalue weighted by atomic mass is 10.2. The highest BCUT2D eigenvalue weighted by Gasteiger charge is 2.38. The average Bonchev–Trinajstić information content (AvgIpc) is 2.78. The zero-order valence-corrected chi connectivity index (χ0v) is 13.6. The molecule has 1 N–H and O–H groups in total. The van der Waals surface area contributed by atoms with E-state index in [1.807, 2.05) is 0 Å². The first-order valence-corrected chi connectivity index (χ1v) is 7.21. The molecule has 0 fully saturated rings. The molecule has 0 aliphatic heterocycles. The Morgan fingerprint density at radius 1 is 1.38 bits per heavy atom. The van der Waals surface area contributed by atoms with E-state index in [-0.39, 0.29) is 11.4 Å². The van der Waals surface area contributed by atoms with Crippen LogP contribution in [-0.4, -0.2) is 22.3 Å². The van der Waals surface area contributed by atoms with Crippen LogP contribution in [0.1, 0.15) is 11.4 Å².